The summed E-state index contributed by atoms with van der Waals surface area (Å²) in [5.74, 6) is 0. The van der Waals surface area contributed by atoms with E-state index in [1.807, 2.05) is 0 Å². The third kappa shape index (κ3) is 1.71. The maximum atomic E-state index is 4.04. The molecule has 2 N–H and O–H groups in total. The van der Waals surface area contributed by atoms with Crippen molar-refractivity contribution in [1.82, 2.24) is 9.80 Å². The van der Waals surface area contributed by atoms with Crippen LogP contribution in [0.25, 0.3) is 0 Å². The van der Waals surface area contributed by atoms with E-state index in [1.54, 1.807) is 11.1 Å². The monoisotopic (exact) mass is 398 g/mol. The molecule has 8 rings (SSSR count). The molecule has 1 unspecified atom stereocenters. The molecule has 154 valence electrons. The maximum absolute atomic E-state index is 4.04. The van der Waals surface area contributed by atoms with Crippen molar-refractivity contribution in [3.8, 4) is 0 Å². The normalized spacial score (nSPS) is 39.3. The fourth-order valence-corrected chi connectivity index (χ4v) is 7.94. The number of para-hydroxylation sites is 1. The van der Waals surface area contributed by atoms with Crippen LogP contribution in [0.5, 0.6) is 0 Å². The zero-order valence-electron chi connectivity index (χ0n) is 18.1. The van der Waals surface area contributed by atoms with Crippen LogP contribution in [-0.4, -0.2) is 42.3 Å². The molecule has 6 heterocycles. The molecule has 2 saturated heterocycles. The molecule has 0 aliphatic carbocycles. The van der Waals surface area contributed by atoms with Gasteiger partial charge in [0, 0.05) is 35.3 Å². The predicted molar refractivity (Wildman–Crippen MR) is 122 cm³/mol. The highest BCUT2D eigenvalue weighted by molar-refractivity contribution is 5.75. The average Bonchev–Trinajstić information content (AvgIpc) is 3.20. The second kappa shape index (κ2) is 5.49. The number of fused-ring (bicyclic) bond motifs is 2. The van der Waals surface area contributed by atoms with Gasteiger partial charge in [0.25, 0.3) is 0 Å². The van der Waals surface area contributed by atoms with E-state index in [9.17, 15) is 0 Å². The van der Waals surface area contributed by atoms with Gasteiger partial charge in [-0.1, -0.05) is 42.0 Å². The average molecular weight is 399 g/mol. The molecule has 0 aromatic heterocycles. The Morgan fingerprint density at radius 1 is 0.933 bits per heavy atom. The van der Waals surface area contributed by atoms with Gasteiger partial charge in [-0.25, -0.2) is 0 Å². The van der Waals surface area contributed by atoms with Crippen molar-refractivity contribution < 1.29 is 0 Å². The van der Waals surface area contributed by atoms with E-state index in [2.05, 4.69) is 89.9 Å². The summed E-state index contributed by atoms with van der Waals surface area (Å²) in [5.41, 5.74) is 8.96. The number of hydrogen-bond donors (Lipinski definition) is 2. The van der Waals surface area contributed by atoms with Crippen molar-refractivity contribution >= 4 is 11.4 Å². The standard InChI is InChI=1S/C26H30N4/c1-16(2)15-21-17-7-6-10-20-22(17)26-12-14-30(21)24-25(26,11-13-29(3)23(26)28-20)18-8-4-5-9-19(18)27-24/h4-10,15,21,23-24,27-28H,11-14H2,1-3H3/t21-,23+,24+,25+,26+/m1/s1. The summed E-state index contributed by atoms with van der Waals surface area (Å²) in [5, 5.41) is 8.05. The van der Waals surface area contributed by atoms with E-state index in [4.69, 9.17) is 0 Å². The minimum atomic E-state index is 0.0942. The Morgan fingerprint density at radius 2 is 1.70 bits per heavy atom. The minimum Gasteiger partial charge on any atom is -0.369 e. The Balaban J connectivity index is 1.62. The van der Waals surface area contributed by atoms with Crippen LogP contribution >= 0.6 is 0 Å². The number of nitrogens with one attached hydrogen (secondary N) is 2. The Morgan fingerprint density at radius 3 is 2.57 bits per heavy atom. The lowest BCUT2D eigenvalue weighted by Gasteiger charge is -2.62. The first kappa shape index (κ1) is 17.4. The molecule has 0 radical (unpaired) electrons. The summed E-state index contributed by atoms with van der Waals surface area (Å²) < 4.78 is 0. The Kier molecular flexibility index (Phi) is 3.18. The highest BCUT2D eigenvalue weighted by Crippen LogP contribution is 2.69. The smallest absolute Gasteiger partial charge is 0.0911 e. The van der Waals surface area contributed by atoms with Crippen molar-refractivity contribution in [1.29, 1.82) is 0 Å². The van der Waals surface area contributed by atoms with E-state index >= 15 is 0 Å². The lowest BCUT2D eigenvalue weighted by atomic mass is 9.50. The maximum Gasteiger partial charge on any atom is 0.0911 e. The van der Waals surface area contributed by atoms with Crippen LogP contribution in [0, 0.1) is 0 Å². The van der Waals surface area contributed by atoms with E-state index in [-0.39, 0.29) is 10.8 Å². The molecule has 0 saturated carbocycles. The van der Waals surface area contributed by atoms with Gasteiger partial charge in [-0.15, -0.1) is 0 Å². The van der Waals surface area contributed by atoms with Crippen molar-refractivity contribution in [3.63, 3.8) is 0 Å². The molecule has 30 heavy (non-hydrogen) atoms. The Hall–Kier alpha value is -2.30. The summed E-state index contributed by atoms with van der Waals surface area (Å²) in [4.78, 5) is 5.37. The van der Waals surface area contributed by atoms with Crippen molar-refractivity contribution in [2.45, 2.75) is 55.9 Å². The number of piperidine rings is 2. The Labute approximate surface area is 178 Å². The van der Waals surface area contributed by atoms with E-state index in [0.29, 0.717) is 18.4 Å². The molecule has 6 aliphatic heterocycles. The second-order valence-corrected chi connectivity index (χ2v) is 10.3. The van der Waals surface area contributed by atoms with Gasteiger partial charge in [-0.05, 0) is 62.6 Å². The zero-order valence-corrected chi connectivity index (χ0v) is 18.1. The van der Waals surface area contributed by atoms with Crippen LogP contribution < -0.4 is 10.6 Å². The van der Waals surface area contributed by atoms with Gasteiger partial charge >= 0.3 is 0 Å². The molecule has 6 aliphatic rings. The van der Waals surface area contributed by atoms with Gasteiger partial charge in [0.1, 0.15) is 0 Å². The minimum absolute atomic E-state index is 0.0942. The fourth-order valence-electron chi connectivity index (χ4n) is 7.94. The van der Waals surface area contributed by atoms with Crippen LogP contribution in [0.3, 0.4) is 0 Å². The molecule has 2 spiro atoms. The van der Waals surface area contributed by atoms with Gasteiger partial charge in [0.2, 0.25) is 0 Å². The molecular formula is C26H30N4. The predicted octanol–water partition coefficient (Wildman–Crippen LogP) is 4.43. The second-order valence-electron chi connectivity index (χ2n) is 10.3. The summed E-state index contributed by atoms with van der Waals surface area (Å²) in [7, 11) is 2.32. The molecule has 2 aromatic carbocycles. The summed E-state index contributed by atoms with van der Waals surface area (Å²) in [6.07, 6.45) is 5.59. The summed E-state index contributed by atoms with van der Waals surface area (Å²) >= 11 is 0. The topological polar surface area (TPSA) is 30.5 Å². The molecule has 4 heteroatoms. The van der Waals surface area contributed by atoms with E-state index in [1.165, 1.54) is 35.4 Å². The lowest BCUT2D eigenvalue weighted by Crippen LogP contribution is -2.73. The van der Waals surface area contributed by atoms with E-state index < -0.39 is 0 Å². The van der Waals surface area contributed by atoms with Crippen molar-refractivity contribution in [2.75, 3.05) is 30.8 Å². The molecule has 2 aromatic rings. The number of nitrogens with zero attached hydrogens (tertiary/aromatic N) is 2. The van der Waals surface area contributed by atoms with Crippen LogP contribution in [0.15, 0.2) is 54.1 Å². The number of anilines is 2. The number of benzene rings is 2. The highest BCUT2D eigenvalue weighted by atomic mass is 15.4. The Bertz CT molecular complexity index is 1100. The molecule has 0 amide bonds. The molecular weight excluding hydrogens is 368 g/mol. The van der Waals surface area contributed by atoms with Crippen LogP contribution in [0.4, 0.5) is 11.4 Å². The van der Waals surface area contributed by atoms with Crippen LogP contribution in [0.2, 0.25) is 0 Å². The molecule has 4 nitrogen and oxygen atoms in total. The zero-order chi connectivity index (χ0) is 20.3. The summed E-state index contributed by atoms with van der Waals surface area (Å²) in [6, 6.07) is 16.5. The molecule has 2 bridgehead atoms. The van der Waals surface area contributed by atoms with Gasteiger partial charge in [0.15, 0.2) is 0 Å². The van der Waals surface area contributed by atoms with Crippen molar-refractivity contribution in [2.24, 2.45) is 0 Å². The quantitative estimate of drug-likeness (QED) is 0.696. The van der Waals surface area contributed by atoms with E-state index in [0.717, 1.165) is 13.1 Å². The van der Waals surface area contributed by atoms with Crippen LogP contribution in [-0.2, 0) is 10.8 Å². The largest absolute Gasteiger partial charge is 0.369 e. The highest BCUT2D eigenvalue weighted by Gasteiger charge is 2.73. The van der Waals surface area contributed by atoms with Gasteiger partial charge in [-0.2, -0.15) is 0 Å². The number of likely N-dealkylation sites (N-methyl/N-ethyl adjacent to an activating group) is 1. The number of allylic oxidation sites excluding steroid dienone is 1. The first-order chi connectivity index (χ1) is 14.6. The lowest BCUT2D eigenvalue weighted by molar-refractivity contribution is -0.0532. The van der Waals surface area contributed by atoms with Crippen LogP contribution in [0.1, 0.15) is 49.4 Å². The van der Waals surface area contributed by atoms with Gasteiger partial charge < -0.3 is 10.6 Å². The molecule has 6 atom stereocenters. The number of rotatable bonds is 1. The molecule has 2 fully saturated rings. The van der Waals surface area contributed by atoms with Crippen molar-refractivity contribution in [3.05, 3.63) is 70.8 Å². The SMILES string of the molecule is CC(C)=C[C@@H]1c2cccc3c2[C@]24CCN1[C@@H]1Nc5ccccc5[C@@]12CCN(C)[C@@H]4N3. The third-order valence-corrected chi connectivity index (χ3v) is 8.83. The first-order valence-corrected chi connectivity index (χ1v) is 11.4. The van der Waals surface area contributed by atoms with Gasteiger partial charge in [-0.3, -0.25) is 9.80 Å². The number of likely N-dealkylation sites (tertiary alicyclic amines) is 1. The first-order valence-electron chi connectivity index (χ1n) is 11.4. The fraction of sp³-hybridized carbons (Fsp3) is 0.462. The van der Waals surface area contributed by atoms with Gasteiger partial charge in [0.05, 0.1) is 18.4 Å². The summed E-state index contributed by atoms with van der Waals surface area (Å²) in [6.45, 7) is 6.74. The number of hydrogen-bond acceptors (Lipinski definition) is 4. The third-order valence-electron chi connectivity index (χ3n) is 8.83.